The summed E-state index contributed by atoms with van der Waals surface area (Å²) < 4.78 is 0. The first-order chi connectivity index (χ1) is 12.1. The van der Waals surface area contributed by atoms with Gasteiger partial charge in [-0.25, -0.2) is 0 Å². The lowest BCUT2D eigenvalue weighted by molar-refractivity contribution is -0.135. The highest BCUT2D eigenvalue weighted by atomic mass is 35.5. The molecule has 1 saturated heterocycles. The maximum absolute atomic E-state index is 12.6. The standard InChI is InChI=1S/C20H31N3O2.ClH/c1-16-8-10-17(11-9-16)5-4-7-20(25)23-14-3-2-6-18(23)15-22-19(24)12-13-21;/h8-11,18H,2-7,12-15,21H2,1H3,(H,22,24);1H. The number of aryl methyl sites for hydroxylation is 2. The van der Waals surface area contributed by atoms with Crippen molar-refractivity contribution in [2.24, 2.45) is 5.73 Å². The van der Waals surface area contributed by atoms with E-state index in [0.717, 1.165) is 38.6 Å². The molecule has 1 heterocycles. The number of carbonyl (C=O) groups is 2. The smallest absolute Gasteiger partial charge is 0.222 e. The zero-order valence-corrected chi connectivity index (χ0v) is 16.5. The van der Waals surface area contributed by atoms with Gasteiger partial charge < -0.3 is 16.0 Å². The van der Waals surface area contributed by atoms with Gasteiger partial charge in [0.25, 0.3) is 0 Å². The van der Waals surface area contributed by atoms with Crippen LogP contribution in [0.4, 0.5) is 0 Å². The van der Waals surface area contributed by atoms with Crippen molar-refractivity contribution in [3.63, 3.8) is 0 Å². The van der Waals surface area contributed by atoms with Crippen LogP contribution in [0, 0.1) is 6.92 Å². The quantitative estimate of drug-likeness (QED) is 0.726. The monoisotopic (exact) mass is 381 g/mol. The number of rotatable bonds is 8. The molecular weight excluding hydrogens is 350 g/mol. The van der Waals surface area contributed by atoms with E-state index in [1.807, 2.05) is 4.90 Å². The fraction of sp³-hybridized carbons (Fsp3) is 0.600. The lowest BCUT2D eigenvalue weighted by Gasteiger charge is -2.36. The van der Waals surface area contributed by atoms with E-state index in [1.165, 1.54) is 11.1 Å². The number of nitrogens with one attached hydrogen (secondary N) is 1. The third kappa shape index (κ3) is 7.34. The Labute approximate surface area is 163 Å². The van der Waals surface area contributed by atoms with Gasteiger partial charge in [-0.15, -0.1) is 12.4 Å². The van der Waals surface area contributed by atoms with Crippen molar-refractivity contribution < 1.29 is 9.59 Å². The SMILES string of the molecule is Cc1ccc(CCCC(=O)N2CCCCC2CNC(=O)CCN)cc1.Cl. The highest BCUT2D eigenvalue weighted by molar-refractivity contribution is 5.85. The first-order valence-electron chi connectivity index (χ1n) is 9.42. The van der Waals surface area contributed by atoms with Crippen LogP contribution < -0.4 is 11.1 Å². The van der Waals surface area contributed by atoms with Crippen LogP contribution in [-0.4, -0.2) is 42.4 Å². The topological polar surface area (TPSA) is 75.4 Å². The summed E-state index contributed by atoms with van der Waals surface area (Å²) in [6.07, 6.45) is 5.84. The molecule has 1 aliphatic heterocycles. The predicted octanol–water partition coefficient (Wildman–Crippen LogP) is 2.59. The molecule has 26 heavy (non-hydrogen) atoms. The van der Waals surface area contributed by atoms with Crippen molar-refractivity contribution >= 4 is 24.2 Å². The van der Waals surface area contributed by atoms with E-state index in [9.17, 15) is 9.59 Å². The van der Waals surface area contributed by atoms with Crippen LogP contribution >= 0.6 is 12.4 Å². The van der Waals surface area contributed by atoms with Gasteiger partial charge in [-0.05, 0) is 44.6 Å². The number of nitrogens with zero attached hydrogens (tertiary/aromatic N) is 1. The molecule has 5 nitrogen and oxygen atoms in total. The molecule has 146 valence electrons. The molecule has 1 unspecified atom stereocenters. The minimum Gasteiger partial charge on any atom is -0.354 e. The molecule has 1 atom stereocenters. The fourth-order valence-electron chi connectivity index (χ4n) is 3.33. The van der Waals surface area contributed by atoms with Crippen LogP contribution in [0.1, 0.15) is 49.7 Å². The van der Waals surface area contributed by atoms with E-state index in [2.05, 4.69) is 36.5 Å². The van der Waals surface area contributed by atoms with Crippen molar-refractivity contribution in [1.29, 1.82) is 0 Å². The van der Waals surface area contributed by atoms with Crippen molar-refractivity contribution in [2.45, 2.75) is 57.9 Å². The number of piperidine rings is 1. The number of amides is 2. The second-order valence-electron chi connectivity index (χ2n) is 6.92. The molecule has 0 spiro atoms. The Balaban J connectivity index is 0.00000338. The average Bonchev–Trinajstić information content (AvgIpc) is 2.62. The van der Waals surface area contributed by atoms with E-state index in [0.29, 0.717) is 25.9 Å². The molecule has 0 aromatic heterocycles. The van der Waals surface area contributed by atoms with Gasteiger partial charge in [0.15, 0.2) is 0 Å². The number of halogens is 1. The van der Waals surface area contributed by atoms with Crippen LogP contribution in [0.15, 0.2) is 24.3 Å². The Morgan fingerprint density at radius 3 is 2.62 bits per heavy atom. The maximum Gasteiger partial charge on any atom is 0.222 e. The van der Waals surface area contributed by atoms with Gasteiger partial charge >= 0.3 is 0 Å². The van der Waals surface area contributed by atoms with E-state index < -0.39 is 0 Å². The Morgan fingerprint density at radius 2 is 1.92 bits per heavy atom. The van der Waals surface area contributed by atoms with Crippen molar-refractivity contribution in [1.82, 2.24) is 10.2 Å². The Kier molecular flexibility index (Phi) is 10.3. The number of nitrogens with two attached hydrogens (primary N) is 1. The van der Waals surface area contributed by atoms with Crippen LogP contribution in [0.3, 0.4) is 0 Å². The average molecular weight is 382 g/mol. The second kappa shape index (κ2) is 11.9. The summed E-state index contributed by atoms with van der Waals surface area (Å²) in [7, 11) is 0. The number of likely N-dealkylation sites (tertiary alicyclic amines) is 1. The maximum atomic E-state index is 12.6. The van der Waals surface area contributed by atoms with Crippen molar-refractivity contribution in [3.8, 4) is 0 Å². The fourth-order valence-corrected chi connectivity index (χ4v) is 3.33. The molecule has 0 bridgehead atoms. The molecule has 2 rings (SSSR count). The molecule has 1 aliphatic rings. The summed E-state index contributed by atoms with van der Waals surface area (Å²) in [6, 6.07) is 8.62. The summed E-state index contributed by atoms with van der Waals surface area (Å²) in [4.78, 5) is 26.2. The molecule has 1 aromatic carbocycles. The minimum atomic E-state index is -0.0279. The van der Waals surface area contributed by atoms with Gasteiger partial charge in [0.2, 0.25) is 11.8 Å². The lowest BCUT2D eigenvalue weighted by Crippen LogP contribution is -2.49. The summed E-state index contributed by atoms with van der Waals surface area (Å²) in [5, 5.41) is 2.91. The van der Waals surface area contributed by atoms with Gasteiger partial charge in [-0.2, -0.15) is 0 Å². The molecule has 0 saturated carbocycles. The molecule has 0 aliphatic carbocycles. The Bertz CT molecular complexity index is 563. The highest BCUT2D eigenvalue weighted by Crippen LogP contribution is 2.18. The van der Waals surface area contributed by atoms with Gasteiger partial charge in [-0.1, -0.05) is 29.8 Å². The van der Waals surface area contributed by atoms with E-state index in [1.54, 1.807) is 0 Å². The molecule has 3 N–H and O–H groups in total. The Morgan fingerprint density at radius 1 is 1.19 bits per heavy atom. The van der Waals surface area contributed by atoms with Gasteiger partial charge in [0.1, 0.15) is 0 Å². The van der Waals surface area contributed by atoms with Crippen LogP contribution in [0.5, 0.6) is 0 Å². The molecule has 0 radical (unpaired) electrons. The number of carbonyl (C=O) groups excluding carboxylic acids is 2. The first-order valence-corrected chi connectivity index (χ1v) is 9.42. The van der Waals surface area contributed by atoms with E-state index in [4.69, 9.17) is 5.73 Å². The molecule has 1 fully saturated rings. The summed E-state index contributed by atoms with van der Waals surface area (Å²) >= 11 is 0. The summed E-state index contributed by atoms with van der Waals surface area (Å²) in [5.41, 5.74) is 7.94. The Hall–Kier alpha value is -1.59. The number of hydrogen-bond acceptors (Lipinski definition) is 3. The number of hydrogen-bond donors (Lipinski definition) is 2. The van der Waals surface area contributed by atoms with Gasteiger partial charge in [0.05, 0.1) is 0 Å². The molecule has 1 aromatic rings. The third-order valence-corrected chi connectivity index (χ3v) is 4.83. The van der Waals surface area contributed by atoms with Crippen LogP contribution in [0.25, 0.3) is 0 Å². The number of benzene rings is 1. The summed E-state index contributed by atoms with van der Waals surface area (Å²) in [6.45, 7) is 3.79. The largest absolute Gasteiger partial charge is 0.354 e. The third-order valence-electron chi connectivity index (χ3n) is 4.83. The van der Waals surface area contributed by atoms with E-state index in [-0.39, 0.29) is 30.3 Å². The van der Waals surface area contributed by atoms with Crippen LogP contribution in [-0.2, 0) is 16.0 Å². The second-order valence-corrected chi connectivity index (χ2v) is 6.92. The van der Waals surface area contributed by atoms with Crippen molar-refractivity contribution in [3.05, 3.63) is 35.4 Å². The predicted molar refractivity (Wildman–Crippen MR) is 107 cm³/mol. The lowest BCUT2D eigenvalue weighted by atomic mass is 10.0. The van der Waals surface area contributed by atoms with E-state index >= 15 is 0 Å². The van der Waals surface area contributed by atoms with Crippen LogP contribution in [0.2, 0.25) is 0 Å². The molecule has 2 amide bonds. The highest BCUT2D eigenvalue weighted by Gasteiger charge is 2.26. The first kappa shape index (κ1) is 22.5. The minimum absolute atomic E-state index is 0. The van der Waals surface area contributed by atoms with Gasteiger partial charge in [0, 0.05) is 38.5 Å². The zero-order valence-electron chi connectivity index (χ0n) is 15.7. The summed E-state index contributed by atoms with van der Waals surface area (Å²) in [5.74, 6) is 0.185. The molecule has 6 heteroatoms. The molecular formula is C20H32ClN3O2. The van der Waals surface area contributed by atoms with Gasteiger partial charge in [-0.3, -0.25) is 9.59 Å². The normalized spacial score (nSPS) is 16.7. The zero-order chi connectivity index (χ0) is 18.1. The van der Waals surface area contributed by atoms with Crippen molar-refractivity contribution in [2.75, 3.05) is 19.6 Å².